The van der Waals surface area contributed by atoms with Gasteiger partial charge in [-0.05, 0) is 45.1 Å². The highest BCUT2D eigenvalue weighted by atomic mass is 32.1. The van der Waals surface area contributed by atoms with E-state index < -0.39 is 0 Å². The number of hydrogen-bond donors (Lipinski definition) is 0. The highest BCUT2D eigenvalue weighted by molar-refractivity contribution is 7.33. The molecule has 0 saturated carbocycles. The lowest BCUT2D eigenvalue weighted by atomic mass is 9.94. The van der Waals surface area contributed by atoms with Crippen LogP contribution in [0.5, 0.6) is 0 Å². The molecule has 11 aromatic rings. The van der Waals surface area contributed by atoms with Gasteiger partial charge >= 0.3 is 0 Å². The van der Waals surface area contributed by atoms with Gasteiger partial charge < -0.3 is 0 Å². The lowest BCUT2D eigenvalue weighted by Crippen LogP contribution is -2.04. The first-order valence-electron chi connectivity index (χ1n) is 15.8. The molecule has 218 valence electrons. The highest BCUT2D eigenvalue weighted by Gasteiger charge is 2.25. The van der Waals surface area contributed by atoms with Gasteiger partial charge in [0.1, 0.15) is 0 Å². The Balaban J connectivity index is 1.38. The standard InChI is InChI=1S/C42H23N3S2/c1-2-12-25-23-26(22-21-24(25)11-1)36-35-29-15-5-3-13-27(29)28-14-4-6-16-30(28)37(35)44-42(43-36)45-38-31-17-7-9-19-33(31)46-40(38)41-39(45)32-18-8-10-20-34(32)47-41/h1-23H. The maximum absolute atomic E-state index is 5.61. The number of hydrogen-bond acceptors (Lipinski definition) is 4. The van der Waals surface area contributed by atoms with Crippen molar-refractivity contribution in [3.05, 3.63) is 140 Å². The van der Waals surface area contributed by atoms with Crippen molar-refractivity contribution in [2.75, 3.05) is 0 Å². The van der Waals surface area contributed by atoms with Gasteiger partial charge in [0.2, 0.25) is 5.95 Å². The van der Waals surface area contributed by atoms with E-state index in [4.69, 9.17) is 9.97 Å². The Morgan fingerprint density at radius 1 is 0.447 bits per heavy atom. The lowest BCUT2D eigenvalue weighted by molar-refractivity contribution is 1.02. The fourth-order valence-corrected chi connectivity index (χ4v) is 10.0. The lowest BCUT2D eigenvalue weighted by Gasteiger charge is -2.16. The van der Waals surface area contributed by atoms with Gasteiger partial charge in [-0.25, -0.2) is 9.97 Å². The van der Waals surface area contributed by atoms with Crippen molar-refractivity contribution >= 4 is 106 Å². The van der Waals surface area contributed by atoms with Crippen molar-refractivity contribution in [3.63, 3.8) is 0 Å². The van der Waals surface area contributed by atoms with Crippen molar-refractivity contribution in [2.24, 2.45) is 0 Å². The molecule has 5 heteroatoms. The van der Waals surface area contributed by atoms with E-state index in [1.165, 1.54) is 67.5 Å². The number of aromatic nitrogens is 3. The van der Waals surface area contributed by atoms with Crippen LogP contribution in [0.25, 0.3) is 101 Å². The molecule has 0 aliphatic heterocycles. The maximum atomic E-state index is 5.61. The first kappa shape index (κ1) is 25.6. The summed E-state index contributed by atoms with van der Waals surface area (Å²) in [6, 6.07) is 50.1. The molecule has 0 saturated heterocycles. The van der Waals surface area contributed by atoms with Crippen LogP contribution in [0.15, 0.2) is 140 Å². The molecule has 0 fully saturated rings. The second kappa shape index (κ2) is 9.46. The van der Waals surface area contributed by atoms with Gasteiger partial charge in [-0.3, -0.25) is 4.57 Å². The van der Waals surface area contributed by atoms with E-state index in [9.17, 15) is 0 Å². The molecular weight excluding hydrogens is 611 g/mol. The number of nitrogens with zero attached hydrogens (tertiary/aromatic N) is 3. The first-order valence-corrected chi connectivity index (χ1v) is 17.4. The quantitative estimate of drug-likeness (QED) is 0.177. The molecule has 47 heavy (non-hydrogen) atoms. The highest BCUT2D eigenvalue weighted by Crippen LogP contribution is 2.48. The predicted molar refractivity (Wildman–Crippen MR) is 203 cm³/mol. The van der Waals surface area contributed by atoms with Crippen LogP contribution in [0.3, 0.4) is 0 Å². The Bertz CT molecular complexity index is 3000. The van der Waals surface area contributed by atoms with Gasteiger partial charge in [0, 0.05) is 36.5 Å². The van der Waals surface area contributed by atoms with Crippen molar-refractivity contribution in [1.82, 2.24) is 14.5 Å². The van der Waals surface area contributed by atoms with E-state index in [0.29, 0.717) is 5.95 Å². The molecule has 0 aliphatic rings. The number of rotatable bonds is 2. The predicted octanol–water partition coefficient (Wildman–Crippen LogP) is 12.3. The van der Waals surface area contributed by atoms with Gasteiger partial charge in [-0.15, -0.1) is 22.7 Å². The molecular formula is C42H23N3S2. The molecule has 0 bridgehead atoms. The van der Waals surface area contributed by atoms with Crippen LogP contribution < -0.4 is 0 Å². The summed E-state index contributed by atoms with van der Waals surface area (Å²) in [6.45, 7) is 0. The van der Waals surface area contributed by atoms with Crippen LogP contribution in [0, 0.1) is 0 Å². The Kier molecular flexibility index (Phi) is 5.14. The summed E-state index contributed by atoms with van der Waals surface area (Å²) in [5, 5.41) is 10.7. The normalized spacial score (nSPS) is 12.3. The average molecular weight is 634 g/mol. The average Bonchev–Trinajstić information content (AvgIpc) is 3.79. The summed E-state index contributed by atoms with van der Waals surface area (Å²) in [6.07, 6.45) is 0. The molecule has 4 heterocycles. The van der Waals surface area contributed by atoms with Gasteiger partial charge in [-0.1, -0.05) is 121 Å². The Morgan fingerprint density at radius 3 is 1.66 bits per heavy atom. The van der Waals surface area contributed by atoms with Crippen LogP contribution in [0.2, 0.25) is 0 Å². The van der Waals surface area contributed by atoms with Crippen molar-refractivity contribution in [1.29, 1.82) is 0 Å². The summed E-state index contributed by atoms with van der Waals surface area (Å²) in [5.74, 6) is 0.702. The van der Waals surface area contributed by atoms with Crippen LogP contribution in [-0.4, -0.2) is 14.5 Å². The zero-order chi connectivity index (χ0) is 30.6. The summed E-state index contributed by atoms with van der Waals surface area (Å²) in [5.41, 5.74) is 5.38. The molecule has 0 spiro atoms. The fraction of sp³-hybridized carbons (Fsp3) is 0. The van der Waals surface area contributed by atoms with E-state index in [1.54, 1.807) is 0 Å². The van der Waals surface area contributed by atoms with Gasteiger partial charge in [0.15, 0.2) is 0 Å². The molecule has 0 radical (unpaired) electrons. The fourth-order valence-electron chi connectivity index (χ4n) is 7.53. The molecule has 0 aliphatic carbocycles. The number of fused-ring (bicyclic) bond motifs is 14. The van der Waals surface area contributed by atoms with Crippen molar-refractivity contribution < 1.29 is 0 Å². The van der Waals surface area contributed by atoms with Crippen LogP contribution in [0.4, 0.5) is 0 Å². The molecule has 0 atom stereocenters. The van der Waals surface area contributed by atoms with Gasteiger partial charge in [0.25, 0.3) is 0 Å². The third kappa shape index (κ3) is 3.50. The zero-order valence-electron chi connectivity index (χ0n) is 24.9. The molecule has 7 aromatic carbocycles. The van der Waals surface area contributed by atoms with Crippen LogP contribution in [-0.2, 0) is 0 Å². The molecule has 0 N–H and O–H groups in total. The smallest absolute Gasteiger partial charge is 0.235 e. The van der Waals surface area contributed by atoms with E-state index in [-0.39, 0.29) is 0 Å². The van der Waals surface area contributed by atoms with E-state index in [2.05, 4.69) is 144 Å². The van der Waals surface area contributed by atoms with Crippen molar-refractivity contribution in [3.8, 4) is 17.2 Å². The number of thiophene rings is 2. The molecule has 3 nitrogen and oxygen atoms in total. The third-order valence-corrected chi connectivity index (χ3v) is 12.1. The topological polar surface area (TPSA) is 30.7 Å². The number of benzene rings is 7. The minimum Gasteiger partial charge on any atom is -0.275 e. The summed E-state index contributed by atoms with van der Waals surface area (Å²) < 4.78 is 7.50. The van der Waals surface area contributed by atoms with Crippen LogP contribution >= 0.6 is 22.7 Å². The third-order valence-electron chi connectivity index (χ3n) is 9.58. The van der Waals surface area contributed by atoms with E-state index in [1.807, 2.05) is 22.7 Å². The summed E-state index contributed by atoms with van der Waals surface area (Å²) in [4.78, 5) is 11.2. The second-order valence-electron chi connectivity index (χ2n) is 12.1. The van der Waals surface area contributed by atoms with Crippen LogP contribution in [0.1, 0.15) is 0 Å². The van der Waals surface area contributed by atoms with Gasteiger partial charge in [-0.2, -0.15) is 0 Å². The minimum atomic E-state index is 0.702. The zero-order valence-corrected chi connectivity index (χ0v) is 26.6. The second-order valence-corrected chi connectivity index (χ2v) is 14.2. The van der Waals surface area contributed by atoms with Gasteiger partial charge in [0.05, 0.1) is 31.6 Å². The molecule has 4 aromatic heterocycles. The molecule has 11 rings (SSSR count). The Hall–Kier alpha value is -5.62. The molecule has 0 amide bonds. The summed E-state index contributed by atoms with van der Waals surface area (Å²) >= 11 is 3.73. The van der Waals surface area contributed by atoms with E-state index in [0.717, 1.165) is 27.5 Å². The maximum Gasteiger partial charge on any atom is 0.235 e. The minimum absolute atomic E-state index is 0.702. The molecule has 0 unspecified atom stereocenters. The summed E-state index contributed by atoms with van der Waals surface area (Å²) in [7, 11) is 0. The Morgan fingerprint density at radius 2 is 0.979 bits per heavy atom. The largest absolute Gasteiger partial charge is 0.275 e. The Labute approximate surface area is 276 Å². The first-order chi connectivity index (χ1) is 23.3. The SMILES string of the molecule is c1ccc2cc(-c3nc(-n4c5c6ccccc6sc5c5sc6ccccc6c54)nc4c5ccccc5c5ccccc5c34)ccc2c1. The van der Waals surface area contributed by atoms with E-state index >= 15 is 0 Å². The monoisotopic (exact) mass is 633 g/mol. The van der Waals surface area contributed by atoms with Crippen molar-refractivity contribution in [2.45, 2.75) is 0 Å².